The van der Waals surface area contributed by atoms with Crippen LogP contribution in [0.1, 0.15) is 18.4 Å². The summed E-state index contributed by atoms with van der Waals surface area (Å²) in [6, 6.07) is 16.8. The molecule has 4 rings (SSSR count). The molecule has 2 N–H and O–H groups in total. The third-order valence-corrected chi connectivity index (χ3v) is 5.65. The van der Waals surface area contributed by atoms with E-state index in [-0.39, 0.29) is 30.2 Å². The molecule has 0 bridgehead atoms. The topological polar surface area (TPSA) is 109 Å². The summed E-state index contributed by atoms with van der Waals surface area (Å²) in [5.41, 5.74) is 2.41. The minimum absolute atomic E-state index is 0.0584. The van der Waals surface area contributed by atoms with Gasteiger partial charge in [-0.1, -0.05) is 30.3 Å². The zero-order valence-electron chi connectivity index (χ0n) is 18.6. The van der Waals surface area contributed by atoms with Crippen LogP contribution < -0.4 is 10.6 Å². The van der Waals surface area contributed by atoms with Gasteiger partial charge in [-0.05, 0) is 48.7 Å². The van der Waals surface area contributed by atoms with E-state index in [9.17, 15) is 14.4 Å². The summed E-state index contributed by atoms with van der Waals surface area (Å²) < 4.78 is 1.62. The highest BCUT2D eigenvalue weighted by Crippen LogP contribution is 2.18. The molecule has 3 aromatic rings. The summed E-state index contributed by atoms with van der Waals surface area (Å²) >= 11 is 0. The summed E-state index contributed by atoms with van der Waals surface area (Å²) in [6.07, 6.45) is 7.54. The van der Waals surface area contributed by atoms with Gasteiger partial charge in [0.2, 0.25) is 17.7 Å². The van der Waals surface area contributed by atoms with E-state index < -0.39 is 0 Å². The maximum Gasteiger partial charge on any atom is 0.246 e. The molecule has 34 heavy (non-hydrogen) atoms. The number of nitrogens with one attached hydrogen (secondary N) is 2. The van der Waals surface area contributed by atoms with Crippen LogP contribution in [-0.2, 0) is 14.4 Å². The molecule has 1 saturated heterocycles. The van der Waals surface area contributed by atoms with Gasteiger partial charge in [-0.15, -0.1) is 0 Å². The van der Waals surface area contributed by atoms with Crippen LogP contribution in [0.3, 0.4) is 0 Å². The third kappa shape index (κ3) is 6.16. The number of hydrogen-bond donors (Lipinski definition) is 2. The number of rotatable bonds is 7. The van der Waals surface area contributed by atoms with Crippen LogP contribution in [0.15, 0.2) is 73.3 Å². The Morgan fingerprint density at radius 2 is 1.74 bits per heavy atom. The van der Waals surface area contributed by atoms with Crippen molar-refractivity contribution in [3.05, 3.63) is 78.9 Å². The number of benzene rings is 2. The zero-order valence-corrected chi connectivity index (χ0v) is 18.6. The van der Waals surface area contributed by atoms with Crippen molar-refractivity contribution >= 4 is 29.5 Å². The molecule has 0 aliphatic carbocycles. The Kier molecular flexibility index (Phi) is 7.44. The predicted molar refractivity (Wildman–Crippen MR) is 128 cm³/mol. The quantitative estimate of drug-likeness (QED) is 0.528. The Hall–Kier alpha value is -4.27. The summed E-state index contributed by atoms with van der Waals surface area (Å²) in [6.45, 7) is 0.920. The van der Waals surface area contributed by atoms with E-state index in [0.717, 1.165) is 11.3 Å². The molecule has 1 fully saturated rings. The van der Waals surface area contributed by atoms with E-state index in [2.05, 4.69) is 20.7 Å². The third-order valence-electron chi connectivity index (χ3n) is 5.65. The van der Waals surface area contributed by atoms with Crippen LogP contribution >= 0.6 is 0 Å². The normalized spacial score (nSPS) is 14.2. The van der Waals surface area contributed by atoms with Crippen LogP contribution in [0.25, 0.3) is 11.8 Å². The summed E-state index contributed by atoms with van der Waals surface area (Å²) in [5.74, 6) is -0.738. The lowest BCUT2D eigenvalue weighted by Crippen LogP contribution is -2.44. The van der Waals surface area contributed by atoms with Crippen molar-refractivity contribution in [1.82, 2.24) is 25.0 Å². The number of aromatic nitrogens is 3. The number of anilines is 1. The van der Waals surface area contributed by atoms with Crippen LogP contribution in [0, 0.1) is 5.92 Å². The fourth-order valence-electron chi connectivity index (χ4n) is 3.76. The number of piperidine rings is 1. The van der Waals surface area contributed by atoms with E-state index in [1.165, 1.54) is 6.33 Å². The molecule has 0 unspecified atom stereocenters. The first kappa shape index (κ1) is 22.9. The van der Waals surface area contributed by atoms with Crippen molar-refractivity contribution in [2.75, 3.05) is 25.0 Å². The van der Waals surface area contributed by atoms with Crippen molar-refractivity contribution in [2.45, 2.75) is 12.8 Å². The average molecular weight is 459 g/mol. The van der Waals surface area contributed by atoms with E-state index in [0.29, 0.717) is 31.6 Å². The summed E-state index contributed by atoms with van der Waals surface area (Å²) in [5, 5.41) is 9.52. The molecule has 0 atom stereocenters. The second-order valence-corrected chi connectivity index (χ2v) is 8.00. The molecule has 1 aromatic heterocycles. The van der Waals surface area contributed by atoms with Crippen molar-refractivity contribution < 1.29 is 14.4 Å². The number of amides is 3. The molecule has 2 aromatic carbocycles. The summed E-state index contributed by atoms with van der Waals surface area (Å²) in [4.78, 5) is 42.8. The number of carbonyl (C=O) groups is 3. The number of nitrogens with zero attached hydrogens (tertiary/aromatic N) is 4. The fraction of sp³-hybridized carbons (Fsp3) is 0.240. The highest BCUT2D eigenvalue weighted by molar-refractivity contribution is 5.95. The average Bonchev–Trinajstić information content (AvgIpc) is 3.42. The van der Waals surface area contributed by atoms with Gasteiger partial charge in [0.1, 0.15) is 12.7 Å². The fourth-order valence-corrected chi connectivity index (χ4v) is 3.76. The first-order chi connectivity index (χ1) is 16.6. The van der Waals surface area contributed by atoms with Crippen molar-refractivity contribution in [3.63, 3.8) is 0 Å². The summed E-state index contributed by atoms with van der Waals surface area (Å²) in [7, 11) is 0. The van der Waals surface area contributed by atoms with Gasteiger partial charge in [0.05, 0.1) is 12.2 Å². The molecular formula is C25H26N6O3. The van der Waals surface area contributed by atoms with Gasteiger partial charge >= 0.3 is 0 Å². The maximum atomic E-state index is 12.5. The lowest BCUT2D eigenvalue weighted by atomic mass is 9.96. The largest absolute Gasteiger partial charge is 0.347 e. The lowest BCUT2D eigenvalue weighted by Gasteiger charge is -2.30. The highest BCUT2D eigenvalue weighted by atomic mass is 16.2. The SMILES string of the molecule is O=C(CNC(=O)C1CCN(C(=O)/C=C/c2ccccc2)CC1)Nc1ccc(-n2cncn2)cc1. The van der Waals surface area contributed by atoms with Gasteiger partial charge in [0, 0.05) is 30.8 Å². The maximum absolute atomic E-state index is 12.5. The van der Waals surface area contributed by atoms with Crippen molar-refractivity contribution in [1.29, 1.82) is 0 Å². The van der Waals surface area contributed by atoms with Gasteiger partial charge in [0.25, 0.3) is 0 Å². The van der Waals surface area contributed by atoms with Crippen LogP contribution in [-0.4, -0.2) is 57.0 Å². The lowest BCUT2D eigenvalue weighted by molar-refractivity contribution is -0.132. The van der Waals surface area contributed by atoms with Crippen molar-refractivity contribution in [3.8, 4) is 5.69 Å². The monoisotopic (exact) mass is 458 g/mol. The number of likely N-dealkylation sites (tertiary alicyclic amines) is 1. The molecule has 1 aliphatic heterocycles. The molecule has 2 heterocycles. The van der Waals surface area contributed by atoms with Gasteiger partial charge in [-0.2, -0.15) is 5.10 Å². The first-order valence-corrected chi connectivity index (χ1v) is 11.1. The van der Waals surface area contributed by atoms with E-state index in [1.54, 1.807) is 40.2 Å². The number of carbonyl (C=O) groups excluding carboxylic acids is 3. The smallest absolute Gasteiger partial charge is 0.246 e. The second-order valence-electron chi connectivity index (χ2n) is 8.00. The molecule has 0 spiro atoms. The van der Waals surface area contributed by atoms with Gasteiger partial charge < -0.3 is 15.5 Å². The molecule has 174 valence electrons. The van der Waals surface area contributed by atoms with E-state index in [1.807, 2.05) is 42.5 Å². The van der Waals surface area contributed by atoms with E-state index >= 15 is 0 Å². The van der Waals surface area contributed by atoms with Gasteiger partial charge in [-0.25, -0.2) is 9.67 Å². The Morgan fingerprint density at radius 3 is 2.41 bits per heavy atom. The Balaban J connectivity index is 1.18. The highest BCUT2D eigenvalue weighted by Gasteiger charge is 2.26. The number of hydrogen-bond acceptors (Lipinski definition) is 5. The van der Waals surface area contributed by atoms with Crippen LogP contribution in [0.2, 0.25) is 0 Å². The minimum Gasteiger partial charge on any atom is -0.347 e. The second kappa shape index (κ2) is 11.0. The molecular weight excluding hydrogens is 432 g/mol. The molecule has 0 saturated carbocycles. The molecule has 9 heteroatoms. The van der Waals surface area contributed by atoms with Crippen LogP contribution in [0.4, 0.5) is 5.69 Å². The van der Waals surface area contributed by atoms with E-state index in [4.69, 9.17) is 0 Å². The van der Waals surface area contributed by atoms with Crippen LogP contribution in [0.5, 0.6) is 0 Å². The predicted octanol–water partition coefficient (Wildman–Crippen LogP) is 2.27. The first-order valence-electron chi connectivity index (χ1n) is 11.1. The molecule has 1 aliphatic rings. The molecule has 3 amide bonds. The van der Waals surface area contributed by atoms with Gasteiger partial charge in [-0.3, -0.25) is 14.4 Å². The molecule has 0 radical (unpaired) electrons. The standard InChI is InChI=1S/C25H26N6O3/c32-23(29-21-7-9-22(10-8-21)31-18-26-17-28-31)16-27-25(34)20-12-14-30(15-13-20)24(33)11-6-19-4-2-1-3-5-19/h1-11,17-18,20H,12-16H2,(H,27,34)(H,29,32)/b11-6+. The van der Waals surface area contributed by atoms with Crippen molar-refractivity contribution in [2.24, 2.45) is 5.92 Å². The van der Waals surface area contributed by atoms with Gasteiger partial charge in [0.15, 0.2) is 0 Å². The Morgan fingerprint density at radius 1 is 1.00 bits per heavy atom. The zero-order chi connectivity index (χ0) is 23.8. The minimum atomic E-state index is -0.305. The Bertz CT molecular complexity index is 1140. The Labute approximate surface area is 197 Å². The molecule has 9 nitrogen and oxygen atoms in total.